The maximum absolute atomic E-state index is 11.9. The highest BCUT2D eigenvalue weighted by atomic mass is 35.5. The van der Waals surface area contributed by atoms with Crippen LogP contribution in [-0.2, 0) is 11.3 Å². The van der Waals surface area contributed by atoms with Gasteiger partial charge in [0, 0.05) is 12.7 Å². The van der Waals surface area contributed by atoms with Crippen LogP contribution < -0.4 is 10.6 Å². The number of amides is 1. The third kappa shape index (κ3) is 4.23. The molecule has 1 aromatic heterocycles. The van der Waals surface area contributed by atoms with Crippen LogP contribution in [-0.4, -0.2) is 29.0 Å². The highest BCUT2D eigenvalue weighted by Gasteiger charge is 2.20. The maximum Gasteiger partial charge on any atom is 0.224 e. The van der Waals surface area contributed by atoms with Gasteiger partial charge in [0.15, 0.2) is 0 Å². The van der Waals surface area contributed by atoms with E-state index in [1.165, 1.54) is 0 Å². The Morgan fingerprint density at radius 2 is 2.44 bits per heavy atom. The lowest BCUT2D eigenvalue weighted by molar-refractivity contribution is -0.125. The number of carbonyl (C=O) groups is 1. The molecule has 2 heterocycles. The molecular formula is C12H19ClN4O. The van der Waals surface area contributed by atoms with Gasteiger partial charge < -0.3 is 10.6 Å². The second-order valence-electron chi connectivity index (χ2n) is 4.36. The van der Waals surface area contributed by atoms with E-state index in [9.17, 15) is 4.79 Å². The first-order valence-electron chi connectivity index (χ1n) is 6.02. The van der Waals surface area contributed by atoms with Crippen molar-refractivity contribution >= 4 is 18.3 Å². The van der Waals surface area contributed by atoms with Crippen LogP contribution in [0.3, 0.4) is 0 Å². The summed E-state index contributed by atoms with van der Waals surface area (Å²) in [6.45, 7) is 4.14. The minimum atomic E-state index is 0. The first kappa shape index (κ1) is 14.9. The zero-order chi connectivity index (χ0) is 12.1. The van der Waals surface area contributed by atoms with Crippen molar-refractivity contribution in [2.75, 3.05) is 13.1 Å². The van der Waals surface area contributed by atoms with E-state index in [1.807, 2.05) is 13.0 Å². The smallest absolute Gasteiger partial charge is 0.224 e. The van der Waals surface area contributed by atoms with Gasteiger partial charge in [-0.1, -0.05) is 0 Å². The van der Waals surface area contributed by atoms with Crippen LogP contribution in [0.4, 0.5) is 0 Å². The molecule has 0 bridgehead atoms. The van der Waals surface area contributed by atoms with Gasteiger partial charge in [0.1, 0.15) is 5.82 Å². The minimum absolute atomic E-state index is 0. The largest absolute Gasteiger partial charge is 0.350 e. The Morgan fingerprint density at radius 3 is 3.11 bits per heavy atom. The molecule has 1 fully saturated rings. The van der Waals surface area contributed by atoms with Gasteiger partial charge in [-0.3, -0.25) is 4.79 Å². The van der Waals surface area contributed by atoms with Crippen molar-refractivity contribution in [2.45, 2.75) is 26.3 Å². The van der Waals surface area contributed by atoms with Crippen molar-refractivity contribution in [2.24, 2.45) is 5.92 Å². The predicted octanol–water partition coefficient (Wildman–Crippen LogP) is 0.823. The number of aromatic nitrogens is 2. The van der Waals surface area contributed by atoms with Crippen LogP contribution in [0.2, 0.25) is 0 Å². The monoisotopic (exact) mass is 270 g/mol. The van der Waals surface area contributed by atoms with Gasteiger partial charge in [-0.05, 0) is 32.4 Å². The summed E-state index contributed by atoms with van der Waals surface area (Å²) in [6, 6.07) is 1.83. The first-order chi connectivity index (χ1) is 8.25. The third-order valence-electron chi connectivity index (χ3n) is 2.95. The number of nitrogens with zero attached hydrogens (tertiary/aromatic N) is 2. The van der Waals surface area contributed by atoms with E-state index in [4.69, 9.17) is 0 Å². The van der Waals surface area contributed by atoms with Gasteiger partial charge >= 0.3 is 0 Å². The molecule has 1 atom stereocenters. The lowest BCUT2D eigenvalue weighted by Crippen LogP contribution is -2.40. The van der Waals surface area contributed by atoms with Gasteiger partial charge in [-0.25, -0.2) is 9.97 Å². The molecule has 2 N–H and O–H groups in total. The topological polar surface area (TPSA) is 66.9 Å². The molecule has 100 valence electrons. The zero-order valence-corrected chi connectivity index (χ0v) is 11.3. The van der Waals surface area contributed by atoms with Gasteiger partial charge in [-0.2, -0.15) is 0 Å². The molecule has 1 aliphatic heterocycles. The Hall–Kier alpha value is -1.20. The average Bonchev–Trinajstić information content (AvgIpc) is 2.37. The molecule has 0 radical (unpaired) electrons. The van der Waals surface area contributed by atoms with Crippen LogP contribution in [0.15, 0.2) is 12.3 Å². The number of nitrogens with one attached hydrogen (secondary N) is 2. The molecule has 1 aliphatic rings. The molecule has 0 aromatic carbocycles. The Morgan fingerprint density at radius 1 is 1.61 bits per heavy atom. The molecule has 18 heavy (non-hydrogen) atoms. The number of hydrogen-bond donors (Lipinski definition) is 2. The number of carbonyl (C=O) groups excluding carboxylic acids is 1. The first-order valence-corrected chi connectivity index (χ1v) is 6.02. The Kier molecular flexibility index (Phi) is 6.01. The van der Waals surface area contributed by atoms with E-state index < -0.39 is 0 Å². The van der Waals surface area contributed by atoms with E-state index in [2.05, 4.69) is 20.6 Å². The van der Waals surface area contributed by atoms with E-state index in [0.717, 1.165) is 37.4 Å². The highest BCUT2D eigenvalue weighted by Crippen LogP contribution is 2.09. The maximum atomic E-state index is 11.9. The van der Waals surface area contributed by atoms with Gasteiger partial charge in [0.25, 0.3) is 0 Å². The molecule has 1 aromatic rings. The summed E-state index contributed by atoms with van der Waals surface area (Å²) in [6.07, 6.45) is 3.76. The molecule has 2 rings (SSSR count). The average molecular weight is 271 g/mol. The fourth-order valence-electron chi connectivity index (χ4n) is 2.00. The molecule has 0 aliphatic carbocycles. The SMILES string of the molecule is Cc1nccc(CNC(=O)[C@@H]2CCCNC2)n1.Cl. The van der Waals surface area contributed by atoms with Crippen LogP contribution in [0, 0.1) is 12.8 Å². The second-order valence-corrected chi connectivity index (χ2v) is 4.36. The predicted molar refractivity (Wildman–Crippen MR) is 71.5 cm³/mol. The van der Waals surface area contributed by atoms with Gasteiger partial charge in [0.05, 0.1) is 18.2 Å². The minimum Gasteiger partial charge on any atom is -0.350 e. The molecule has 1 amide bonds. The molecular weight excluding hydrogens is 252 g/mol. The van der Waals surface area contributed by atoms with Gasteiger partial charge in [-0.15, -0.1) is 12.4 Å². The van der Waals surface area contributed by atoms with Crippen molar-refractivity contribution in [1.29, 1.82) is 0 Å². The highest BCUT2D eigenvalue weighted by molar-refractivity contribution is 5.85. The number of hydrogen-bond acceptors (Lipinski definition) is 4. The van der Waals surface area contributed by atoms with E-state index >= 15 is 0 Å². The zero-order valence-electron chi connectivity index (χ0n) is 10.5. The third-order valence-corrected chi connectivity index (χ3v) is 2.95. The molecule has 1 saturated heterocycles. The summed E-state index contributed by atoms with van der Waals surface area (Å²) in [5, 5.41) is 6.16. The van der Waals surface area contributed by atoms with Gasteiger partial charge in [0.2, 0.25) is 5.91 Å². The molecule has 0 spiro atoms. The molecule has 0 unspecified atom stereocenters. The van der Waals surface area contributed by atoms with Crippen molar-refractivity contribution in [3.05, 3.63) is 23.8 Å². The summed E-state index contributed by atoms with van der Waals surface area (Å²) < 4.78 is 0. The summed E-state index contributed by atoms with van der Waals surface area (Å²) >= 11 is 0. The molecule has 6 heteroatoms. The lowest BCUT2D eigenvalue weighted by atomic mass is 9.99. The molecule has 0 saturated carbocycles. The summed E-state index contributed by atoms with van der Waals surface area (Å²) in [5.41, 5.74) is 0.856. The summed E-state index contributed by atoms with van der Waals surface area (Å²) in [7, 11) is 0. The normalized spacial score (nSPS) is 18.8. The Labute approximate surface area is 113 Å². The van der Waals surface area contributed by atoms with E-state index in [-0.39, 0.29) is 24.2 Å². The summed E-state index contributed by atoms with van der Waals surface area (Å²) in [5.74, 6) is 0.955. The fourth-order valence-corrected chi connectivity index (χ4v) is 2.00. The van der Waals surface area contributed by atoms with Crippen LogP contribution in [0.5, 0.6) is 0 Å². The number of rotatable bonds is 3. The Bertz CT molecular complexity index is 393. The molecule has 5 nitrogen and oxygen atoms in total. The number of aryl methyl sites for hydroxylation is 1. The standard InChI is InChI=1S/C12H18N4O.ClH/c1-9-14-6-4-11(16-9)8-15-12(17)10-3-2-5-13-7-10;/h4,6,10,13H,2-3,5,7-8H2,1H3,(H,15,17);1H/t10-;/m1./s1. The number of halogens is 1. The van der Waals surface area contributed by atoms with E-state index in [0.29, 0.717) is 6.54 Å². The van der Waals surface area contributed by atoms with Crippen molar-refractivity contribution in [3.63, 3.8) is 0 Å². The van der Waals surface area contributed by atoms with Crippen LogP contribution >= 0.6 is 12.4 Å². The number of piperidine rings is 1. The van der Waals surface area contributed by atoms with Crippen molar-refractivity contribution in [3.8, 4) is 0 Å². The van der Waals surface area contributed by atoms with Crippen LogP contribution in [0.1, 0.15) is 24.4 Å². The summed E-state index contributed by atoms with van der Waals surface area (Å²) in [4.78, 5) is 20.1. The fraction of sp³-hybridized carbons (Fsp3) is 0.583. The second kappa shape index (κ2) is 7.28. The van der Waals surface area contributed by atoms with Crippen LogP contribution in [0.25, 0.3) is 0 Å². The van der Waals surface area contributed by atoms with Crippen molar-refractivity contribution < 1.29 is 4.79 Å². The Balaban J connectivity index is 0.00000162. The quantitative estimate of drug-likeness (QED) is 0.854. The lowest BCUT2D eigenvalue weighted by Gasteiger charge is -2.21. The van der Waals surface area contributed by atoms with Crippen molar-refractivity contribution in [1.82, 2.24) is 20.6 Å². The van der Waals surface area contributed by atoms with E-state index in [1.54, 1.807) is 6.20 Å².